The average Bonchev–Trinajstić information content (AvgIpc) is 3.21. The Morgan fingerprint density at radius 3 is 2.60 bits per heavy atom. The highest BCUT2D eigenvalue weighted by Crippen LogP contribution is 2.39. The van der Waals surface area contributed by atoms with Crippen LogP contribution in [0.4, 0.5) is 11.6 Å². The Labute approximate surface area is 122 Å². The van der Waals surface area contributed by atoms with E-state index in [1.54, 1.807) is 11.3 Å². The van der Waals surface area contributed by atoms with Crippen LogP contribution in [0.5, 0.6) is 0 Å². The molecule has 0 radical (unpaired) electrons. The lowest BCUT2D eigenvalue weighted by molar-refractivity contribution is 0.910. The molecule has 1 aliphatic rings. The van der Waals surface area contributed by atoms with Crippen molar-refractivity contribution in [1.29, 1.82) is 0 Å². The predicted octanol–water partition coefficient (Wildman–Crippen LogP) is 2.93. The molecule has 6 heteroatoms. The Kier molecular flexibility index (Phi) is 3.58. The van der Waals surface area contributed by atoms with E-state index in [1.807, 2.05) is 6.92 Å². The van der Waals surface area contributed by atoms with Gasteiger partial charge in [0.2, 0.25) is 0 Å². The van der Waals surface area contributed by atoms with Crippen molar-refractivity contribution < 1.29 is 0 Å². The van der Waals surface area contributed by atoms with Crippen LogP contribution < -0.4 is 16.6 Å². The van der Waals surface area contributed by atoms with Crippen LogP contribution >= 0.6 is 11.3 Å². The van der Waals surface area contributed by atoms with Crippen LogP contribution in [-0.2, 0) is 6.54 Å². The van der Waals surface area contributed by atoms with Gasteiger partial charge in [0, 0.05) is 18.0 Å². The molecule has 0 atom stereocenters. The Hall–Kier alpha value is -1.66. The Morgan fingerprint density at radius 1 is 1.25 bits per heavy atom. The summed E-state index contributed by atoms with van der Waals surface area (Å²) in [6, 6.07) is 0. The summed E-state index contributed by atoms with van der Waals surface area (Å²) in [4.78, 5) is 9.15. The standard InChI is InChI=1S/C14H19N5S/c1-8-6-20-7-11(8)5-16-12-9(2)13(19-15)18-14(17-12)10-3-4-10/h6-7,10H,3-5,15H2,1-2H3,(H2,16,17,18,19). The molecule has 3 rings (SSSR count). The fourth-order valence-corrected chi connectivity index (χ4v) is 2.97. The van der Waals surface area contributed by atoms with Crippen LogP contribution in [0.25, 0.3) is 0 Å². The third kappa shape index (κ3) is 2.62. The number of nitrogens with one attached hydrogen (secondary N) is 2. The van der Waals surface area contributed by atoms with Gasteiger partial charge < -0.3 is 10.7 Å². The lowest BCUT2D eigenvalue weighted by Crippen LogP contribution is -2.14. The smallest absolute Gasteiger partial charge is 0.148 e. The molecule has 0 bridgehead atoms. The molecule has 0 unspecified atom stereocenters. The maximum Gasteiger partial charge on any atom is 0.148 e. The third-order valence-electron chi connectivity index (χ3n) is 3.65. The molecule has 0 aliphatic heterocycles. The van der Waals surface area contributed by atoms with Gasteiger partial charge in [-0.15, -0.1) is 0 Å². The van der Waals surface area contributed by atoms with E-state index in [9.17, 15) is 0 Å². The third-order valence-corrected chi connectivity index (χ3v) is 4.56. The molecule has 1 aliphatic carbocycles. The first-order chi connectivity index (χ1) is 9.69. The number of aryl methyl sites for hydroxylation is 1. The number of rotatable bonds is 5. The lowest BCUT2D eigenvalue weighted by Gasteiger charge is -2.13. The highest BCUT2D eigenvalue weighted by atomic mass is 32.1. The van der Waals surface area contributed by atoms with E-state index in [1.165, 1.54) is 24.0 Å². The van der Waals surface area contributed by atoms with Crippen LogP contribution in [-0.4, -0.2) is 9.97 Å². The van der Waals surface area contributed by atoms with E-state index in [0.29, 0.717) is 11.7 Å². The van der Waals surface area contributed by atoms with Gasteiger partial charge in [0.05, 0.1) is 0 Å². The summed E-state index contributed by atoms with van der Waals surface area (Å²) < 4.78 is 0. The van der Waals surface area contributed by atoms with E-state index in [2.05, 4.69) is 38.4 Å². The van der Waals surface area contributed by atoms with Crippen molar-refractivity contribution in [2.75, 3.05) is 10.7 Å². The van der Waals surface area contributed by atoms with Gasteiger partial charge in [-0.1, -0.05) is 0 Å². The van der Waals surface area contributed by atoms with E-state index in [0.717, 1.165) is 23.8 Å². The molecule has 1 fully saturated rings. The first kappa shape index (κ1) is 13.3. The van der Waals surface area contributed by atoms with Gasteiger partial charge in [0.15, 0.2) is 0 Å². The van der Waals surface area contributed by atoms with E-state index in [-0.39, 0.29) is 0 Å². The summed E-state index contributed by atoms with van der Waals surface area (Å²) in [5.41, 5.74) is 6.26. The summed E-state index contributed by atoms with van der Waals surface area (Å²) >= 11 is 1.73. The molecular formula is C14H19N5S. The second-order valence-electron chi connectivity index (χ2n) is 5.26. The number of nitrogens with two attached hydrogens (primary N) is 1. The zero-order chi connectivity index (χ0) is 14.1. The van der Waals surface area contributed by atoms with Gasteiger partial charge in [-0.25, -0.2) is 15.8 Å². The SMILES string of the molecule is Cc1cscc1CNc1nc(C2CC2)nc(NN)c1C. The zero-order valence-electron chi connectivity index (χ0n) is 11.7. The minimum absolute atomic E-state index is 0.506. The minimum atomic E-state index is 0.506. The fourth-order valence-electron chi connectivity index (χ4n) is 2.12. The van der Waals surface area contributed by atoms with Gasteiger partial charge >= 0.3 is 0 Å². The highest BCUT2D eigenvalue weighted by molar-refractivity contribution is 7.08. The van der Waals surface area contributed by atoms with Crippen molar-refractivity contribution in [1.82, 2.24) is 9.97 Å². The predicted molar refractivity (Wildman–Crippen MR) is 82.9 cm³/mol. The monoisotopic (exact) mass is 289 g/mol. The summed E-state index contributed by atoms with van der Waals surface area (Å²) in [5, 5.41) is 7.74. The lowest BCUT2D eigenvalue weighted by atomic mass is 10.2. The van der Waals surface area contributed by atoms with Crippen molar-refractivity contribution >= 4 is 23.0 Å². The van der Waals surface area contributed by atoms with Crippen molar-refractivity contribution in [3.05, 3.63) is 33.3 Å². The number of hydrogen-bond acceptors (Lipinski definition) is 6. The summed E-state index contributed by atoms with van der Waals surface area (Å²) in [7, 11) is 0. The van der Waals surface area contributed by atoms with Gasteiger partial charge in [0.1, 0.15) is 17.5 Å². The molecule has 0 amide bonds. The topological polar surface area (TPSA) is 75.9 Å². The first-order valence-corrected chi connectivity index (χ1v) is 7.74. The number of hydrogen-bond donors (Lipinski definition) is 3. The molecule has 2 aromatic rings. The Balaban J connectivity index is 1.84. The quantitative estimate of drug-likeness (QED) is 0.583. The van der Waals surface area contributed by atoms with Gasteiger partial charge in [-0.2, -0.15) is 11.3 Å². The molecule has 2 aromatic heterocycles. The molecule has 2 heterocycles. The highest BCUT2D eigenvalue weighted by Gasteiger charge is 2.28. The van der Waals surface area contributed by atoms with Crippen molar-refractivity contribution in [2.45, 2.75) is 39.2 Å². The van der Waals surface area contributed by atoms with Crippen LogP contribution in [0.15, 0.2) is 10.8 Å². The van der Waals surface area contributed by atoms with Gasteiger partial charge in [-0.05, 0) is 48.6 Å². The number of hydrazine groups is 1. The molecule has 5 nitrogen and oxygen atoms in total. The zero-order valence-corrected chi connectivity index (χ0v) is 12.5. The van der Waals surface area contributed by atoms with E-state index < -0.39 is 0 Å². The van der Waals surface area contributed by atoms with E-state index in [4.69, 9.17) is 5.84 Å². The summed E-state index contributed by atoms with van der Waals surface area (Å²) in [6.45, 7) is 4.89. The van der Waals surface area contributed by atoms with Crippen LogP contribution in [0, 0.1) is 13.8 Å². The van der Waals surface area contributed by atoms with E-state index >= 15 is 0 Å². The minimum Gasteiger partial charge on any atom is -0.366 e. The molecule has 0 aromatic carbocycles. The summed E-state index contributed by atoms with van der Waals surface area (Å²) in [6.07, 6.45) is 2.35. The maximum atomic E-state index is 5.56. The van der Waals surface area contributed by atoms with Crippen LogP contribution in [0.3, 0.4) is 0 Å². The van der Waals surface area contributed by atoms with Crippen LogP contribution in [0.1, 0.15) is 41.3 Å². The molecule has 4 N–H and O–H groups in total. The number of nitrogen functional groups attached to an aromatic ring is 1. The largest absolute Gasteiger partial charge is 0.366 e. The second-order valence-corrected chi connectivity index (χ2v) is 6.00. The first-order valence-electron chi connectivity index (χ1n) is 6.79. The molecular weight excluding hydrogens is 270 g/mol. The average molecular weight is 289 g/mol. The van der Waals surface area contributed by atoms with Crippen molar-refractivity contribution in [2.24, 2.45) is 5.84 Å². The van der Waals surface area contributed by atoms with Crippen LogP contribution in [0.2, 0.25) is 0 Å². The maximum absolute atomic E-state index is 5.56. The number of anilines is 2. The molecule has 0 saturated heterocycles. The number of aromatic nitrogens is 2. The van der Waals surface area contributed by atoms with Gasteiger partial charge in [-0.3, -0.25) is 0 Å². The summed E-state index contributed by atoms with van der Waals surface area (Å²) in [5.74, 6) is 8.55. The molecule has 20 heavy (non-hydrogen) atoms. The van der Waals surface area contributed by atoms with Crippen molar-refractivity contribution in [3.8, 4) is 0 Å². The molecule has 1 saturated carbocycles. The number of thiophene rings is 1. The Morgan fingerprint density at radius 2 is 2.00 bits per heavy atom. The normalized spacial score (nSPS) is 14.3. The molecule has 0 spiro atoms. The number of nitrogens with zero attached hydrogens (tertiary/aromatic N) is 2. The fraction of sp³-hybridized carbons (Fsp3) is 0.429. The second kappa shape index (κ2) is 5.38. The Bertz CT molecular complexity index is 618. The van der Waals surface area contributed by atoms with Crippen molar-refractivity contribution in [3.63, 3.8) is 0 Å². The van der Waals surface area contributed by atoms with Gasteiger partial charge in [0.25, 0.3) is 0 Å². The molecule has 106 valence electrons.